The largest absolute Gasteiger partial charge is 0.333 e. The summed E-state index contributed by atoms with van der Waals surface area (Å²) in [6.45, 7) is 2.65. The van der Waals surface area contributed by atoms with Crippen molar-refractivity contribution in [3.05, 3.63) is 64.4 Å². The van der Waals surface area contributed by atoms with Crippen molar-refractivity contribution in [2.45, 2.75) is 24.9 Å². The average Bonchev–Trinajstić information content (AvgIpc) is 3.21. The van der Waals surface area contributed by atoms with Crippen LogP contribution in [0.4, 0.5) is 0 Å². The van der Waals surface area contributed by atoms with Crippen molar-refractivity contribution < 1.29 is 4.21 Å². The van der Waals surface area contributed by atoms with Crippen LogP contribution >= 0.6 is 23.2 Å². The maximum atomic E-state index is 11.6. The molecule has 0 aliphatic heterocycles. The Morgan fingerprint density at radius 2 is 1.40 bits per heavy atom. The summed E-state index contributed by atoms with van der Waals surface area (Å²) in [5, 5.41) is 20.7. The molecule has 5 nitrogen and oxygen atoms in total. The summed E-state index contributed by atoms with van der Waals surface area (Å²) in [4.78, 5) is 0.716. The number of rotatable bonds is 3. The predicted molar refractivity (Wildman–Crippen MR) is 122 cm³/mol. The molecule has 0 saturated heterocycles. The zero-order valence-electron chi connectivity index (χ0n) is 16.4. The van der Waals surface area contributed by atoms with Gasteiger partial charge in [0.1, 0.15) is 13.1 Å². The zero-order chi connectivity index (χ0) is 21.8. The highest BCUT2D eigenvalue weighted by molar-refractivity contribution is 7.84. The molecule has 0 aliphatic carbocycles. The Morgan fingerprint density at radius 1 is 0.900 bits per heavy atom. The highest BCUT2D eigenvalue weighted by Crippen LogP contribution is 2.27. The van der Waals surface area contributed by atoms with E-state index in [1.807, 2.05) is 42.0 Å². The molecule has 0 saturated carbocycles. The average molecular weight is 457 g/mol. The van der Waals surface area contributed by atoms with Gasteiger partial charge < -0.3 is 9.13 Å². The van der Waals surface area contributed by atoms with E-state index in [9.17, 15) is 4.21 Å². The molecule has 0 radical (unpaired) electrons. The molecule has 4 rings (SSSR count). The van der Waals surface area contributed by atoms with Crippen LogP contribution in [0, 0.1) is 29.6 Å². The quantitative estimate of drug-likeness (QED) is 0.397. The molecule has 152 valence electrons. The van der Waals surface area contributed by atoms with Gasteiger partial charge in [0.25, 0.3) is 0 Å². The molecule has 2 aromatic carbocycles. The number of halogens is 2. The minimum absolute atomic E-state index is 0.245. The van der Waals surface area contributed by atoms with Gasteiger partial charge in [0.2, 0.25) is 0 Å². The molecule has 0 fully saturated rings. The number of aromatic nitrogens is 2. The lowest BCUT2D eigenvalue weighted by Crippen LogP contribution is -1.92. The Bertz CT molecular complexity index is 1340. The second-order valence-electron chi connectivity index (χ2n) is 6.65. The van der Waals surface area contributed by atoms with Crippen molar-refractivity contribution in [3.8, 4) is 12.1 Å². The van der Waals surface area contributed by atoms with Crippen molar-refractivity contribution in [3.63, 3.8) is 0 Å². The van der Waals surface area contributed by atoms with Crippen LogP contribution in [0.1, 0.15) is 5.56 Å². The first-order valence-electron chi connectivity index (χ1n) is 8.96. The SMILES string of the molecule is CS(=O)c1cn(CC#N)c2ccc(Cl)cc12.Cc1cn(CC#N)c2ccc(Cl)cc12. The predicted octanol–water partition coefficient (Wildman–Crippen LogP) is 5.68. The summed E-state index contributed by atoms with van der Waals surface area (Å²) in [5.74, 6) is 0. The molecule has 0 aliphatic rings. The Labute approximate surface area is 187 Å². The van der Waals surface area contributed by atoms with Crippen molar-refractivity contribution in [2.75, 3.05) is 6.26 Å². The van der Waals surface area contributed by atoms with E-state index < -0.39 is 10.8 Å². The van der Waals surface area contributed by atoms with Gasteiger partial charge in [0.05, 0.1) is 33.4 Å². The van der Waals surface area contributed by atoms with Crippen LogP contribution in [0.2, 0.25) is 10.0 Å². The number of hydrogen-bond donors (Lipinski definition) is 0. The molecule has 2 aromatic heterocycles. The molecule has 0 spiro atoms. The van der Waals surface area contributed by atoms with Gasteiger partial charge in [-0.3, -0.25) is 4.21 Å². The van der Waals surface area contributed by atoms with Crippen molar-refractivity contribution in [1.82, 2.24) is 9.13 Å². The molecule has 2 heterocycles. The van der Waals surface area contributed by atoms with E-state index in [1.165, 1.54) is 0 Å². The second-order valence-corrected chi connectivity index (χ2v) is 8.88. The summed E-state index contributed by atoms with van der Waals surface area (Å²) in [6, 6.07) is 15.3. The fraction of sp³-hybridized carbons (Fsp3) is 0.182. The smallest absolute Gasteiger partial charge is 0.110 e. The van der Waals surface area contributed by atoms with Crippen LogP contribution in [0.15, 0.2) is 53.7 Å². The summed E-state index contributed by atoms with van der Waals surface area (Å²) in [6.07, 6.45) is 5.34. The fourth-order valence-electron chi connectivity index (χ4n) is 3.33. The van der Waals surface area contributed by atoms with Gasteiger partial charge in [-0.2, -0.15) is 10.5 Å². The number of fused-ring (bicyclic) bond motifs is 2. The Hall–Kier alpha value is -2.77. The maximum Gasteiger partial charge on any atom is 0.110 e. The van der Waals surface area contributed by atoms with Gasteiger partial charge >= 0.3 is 0 Å². The second kappa shape index (κ2) is 9.36. The minimum atomic E-state index is -1.08. The van der Waals surface area contributed by atoms with Crippen molar-refractivity contribution in [2.24, 2.45) is 0 Å². The topological polar surface area (TPSA) is 74.5 Å². The Balaban J connectivity index is 0.000000172. The summed E-state index contributed by atoms with van der Waals surface area (Å²) in [7, 11) is -1.08. The molecule has 0 bridgehead atoms. The van der Waals surface area contributed by atoms with E-state index >= 15 is 0 Å². The van der Waals surface area contributed by atoms with Crippen molar-refractivity contribution >= 4 is 55.8 Å². The Kier molecular flexibility index (Phi) is 6.84. The van der Waals surface area contributed by atoms with Gasteiger partial charge in [0.15, 0.2) is 0 Å². The monoisotopic (exact) mass is 456 g/mol. The lowest BCUT2D eigenvalue weighted by molar-refractivity contribution is 0.687. The van der Waals surface area contributed by atoms with Gasteiger partial charge in [-0.25, -0.2) is 0 Å². The Morgan fingerprint density at radius 3 is 1.93 bits per heavy atom. The lowest BCUT2D eigenvalue weighted by Gasteiger charge is -1.98. The molecule has 0 N–H and O–H groups in total. The number of aryl methyl sites for hydroxylation is 1. The van der Waals surface area contributed by atoms with Crippen LogP contribution in [0.25, 0.3) is 21.8 Å². The maximum absolute atomic E-state index is 11.6. The first-order chi connectivity index (χ1) is 14.3. The molecule has 0 amide bonds. The summed E-state index contributed by atoms with van der Waals surface area (Å²) < 4.78 is 15.3. The highest BCUT2D eigenvalue weighted by Gasteiger charge is 2.11. The fourth-order valence-corrected chi connectivity index (χ4v) is 4.42. The molecular weight excluding hydrogens is 439 g/mol. The number of nitrogens with zero attached hydrogens (tertiary/aromatic N) is 4. The van der Waals surface area contributed by atoms with Gasteiger partial charge in [-0.1, -0.05) is 23.2 Å². The number of benzene rings is 2. The summed E-state index contributed by atoms with van der Waals surface area (Å²) in [5.41, 5.74) is 3.10. The first-order valence-corrected chi connectivity index (χ1v) is 11.3. The van der Waals surface area contributed by atoms with E-state index in [2.05, 4.69) is 12.1 Å². The van der Waals surface area contributed by atoms with Crippen LogP contribution in [-0.4, -0.2) is 19.6 Å². The molecule has 1 atom stereocenters. The molecule has 30 heavy (non-hydrogen) atoms. The van der Waals surface area contributed by atoms with E-state index in [1.54, 1.807) is 29.2 Å². The first kappa shape index (κ1) is 21.9. The van der Waals surface area contributed by atoms with Crippen LogP contribution in [-0.2, 0) is 23.9 Å². The van der Waals surface area contributed by atoms with Gasteiger partial charge in [0, 0.05) is 45.0 Å². The minimum Gasteiger partial charge on any atom is -0.333 e. The van der Waals surface area contributed by atoms with E-state index in [4.69, 9.17) is 33.7 Å². The third-order valence-corrected chi connectivity index (χ3v) is 6.06. The summed E-state index contributed by atoms with van der Waals surface area (Å²) >= 11 is 11.8. The van der Waals surface area contributed by atoms with Crippen LogP contribution in [0.3, 0.4) is 0 Å². The molecule has 1 unspecified atom stereocenters. The molecule has 8 heteroatoms. The van der Waals surface area contributed by atoms with E-state index in [-0.39, 0.29) is 6.54 Å². The third kappa shape index (κ3) is 4.52. The molecular formula is C22H18Cl2N4OS. The number of nitriles is 2. The highest BCUT2D eigenvalue weighted by atomic mass is 35.5. The van der Waals surface area contributed by atoms with Crippen LogP contribution in [0.5, 0.6) is 0 Å². The standard InChI is InChI=1S/C11H9ClN2OS.C11H9ClN2/c1-16(15)11-7-14(5-4-13)10-3-2-8(12)6-9(10)11;1-8-7-14(5-4-13)11-3-2-9(12)6-10(8)11/h2-3,6-7H,5H2,1H3;2-3,6-7H,5H2,1H3. The van der Waals surface area contributed by atoms with Gasteiger partial charge in [-0.15, -0.1) is 0 Å². The third-order valence-electron chi connectivity index (χ3n) is 4.64. The van der Waals surface area contributed by atoms with Gasteiger partial charge in [-0.05, 0) is 48.9 Å². The normalized spacial score (nSPS) is 11.5. The van der Waals surface area contributed by atoms with Crippen molar-refractivity contribution in [1.29, 1.82) is 10.5 Å². The lowest BCUT2D eigenvalue weighted by atomic mass is 10.2. The number of hydrogen-bond acceptors (Lipinski definition) is 3. The zero-order valence-corrected chi connectivity index (χ0v) is 18.7. The van der Waals surface area contributed by atoms with E-state index in [0.29, 0.717) is 16.5 Å². The molecule has 4 aromatic rings. The van der Waals surface area contributed by atoms with Crippen LogP contribution < -0.4 is 0 Å². The van der Waals surface area contributed by atoms with E-state index in [0.717, 1.165) is 32.4 Å².